The van der Waals surface area contributed by atoms with Crippen LogP contribution in [0.5, 0.6) is 0 Å². The molecule has 0 spiro atoms. The van der Waals surface area contributed by atoms with E-state index in [9.17, 15) is 9.42 Å². The summed E-state index contributed by atoms with van der Waals surface area (Å²) in [6, 6.07) is 0. The van der Waals surface area contributed by atoms with Crippen molar-refractivity contribution in [3.05, 3.63) is 16.9 Å². The first-order valence-electron chi connectivity index (χ1n) is 5.12. The van der Waals surface area contributed by atoms with Gasteiger partial charge in [0.25, 0.3) is 0 Å². The predicted molar refractivity (Wildman–Crippen MR) is 69.1 cm³/mol. The fourth-order valence-electron chi connectivity index (χ4n) is 2.13. The highest BCUT2D eigenvalue weighted by Gasteiger charge is 2.39. The maximum absolute atomic E-state index is 12.0. The highest BCUT2D eigenvalue weighted by atomic mass is 32.8. The summed E-state index contributed by atoms with van der Waals surface area (Å²) >= 11 is 4.45. The Hall–Kier alpha value is -0.0100. The second-order valence-electron chi connectivity index (χ2n) is 5.21. The lowest BCUT2D eigenvalue weighted by Crippen LogP contribution is -2.46. The van der Waals surface area contributed by atoms with E-state index in [1.807, 2.05) is 33.8 Å². The van der Waals surface area contributed by atoms with Gasteiger partial charge in [0, 0.05) is 22.3 Å². The molecule has 16 heavy (non-hydrogen) atoms. The second-order valence-corrected chi connectivity index (χ2v) is 8.35. The van der Waals surface area contributed by atoms with Crippen LogP contribution in [0.1, 0.15) is 34.1 Å². The SMILES string of the molecule is CC1(C)C=C(CCS(=O)(O)=S)C(C)(C)N1[O-]. The third-order valence-corrected chi connectivity index (χ3v) is 4.19. The van der Waals surface area contributed by atoms with Gasteiger partial charge >= 0.3 is 0 Å². The minimum absolute atomic E-state index is 0.0293. The summed E-state index contributed by atoms with van der Waals surface area (Å²) in [4.78, 5) is 0. The highest BCUT2D eigenvalue weighted by Crippen LogP contribution is 2.40. The minimum atomic E-state index is -3.14. The van der Waals surface area contributed by atoms with E-state index >= 15 is 0 Å². The Morgan fingerprint density at radius 2 is 2.00 bits per heavy atom. The quantitative estimate of drug-likeness (QED) is 0.789. The topological polar surface area (TPSA) is 63.6 Å². The van der Waals surface area contributed by atoms with Gasteiger partial charge in [-0.1, -0.05) is 11.6 Å². The molecule has 0 aliphatic carbocycles. The Kier molecular flexibility index (Phi) is 3.54. The maximum atomic E-state index is 12.0. The molecule has 0 saturated carbocycles. The van der Waals surface area contributed by atoms with E-state index in [4.69, 9.17) is 4.55 Å². The number of hydrogen-bond acceptors (Lipinski definition) is 4. The smallest absolute Gasteiger partial charge is 0.141 e. The normalized spacial score (nSPS) is 27.5. The van der Waals surface area contributed by atoms with Crippen LogP contribution in [0.4, 0.5) is 0 Å². The molecule has 0 amide bonds. The molecule has 0 aromatic carbocycles. The Morgan fingerprint density at radius 1 is 1.50 bits per heavy atom. The van der Waals surface area contributed by atoms with Crippen molar-refractivity contribution in [3.8, 4) is 0 Å². The van der Waals surface area contributed by atoms with E-state index < -0.39 is 19.9 Å². The number of hydrogen-bond donors (Lipinski definition) is 1. The number of rotatable bonds is 3. The Morgan fingerprint density at radius 3 is 2.31 bits per heavy atom. The maximum Gasteiger partial charge on any atom is 0.141 e. The van der Waals surface area contributed by atoms with E-state index in [1.54, 1.807) is 0 Å². The Balaban J connectivity index is 2.89. The average molecular weight is 264 g/mol. The van der Waals surface area contributed by atoms with Gasteiger partial charge in [0.05, 0.1) is 5.75 Å². The van der Waals surface area contributed by atoms with Crippen LogP contribution in [0.3, 0.4) is 0 Å². The molecular formula is C10H18NO3S2-. The summed E-state index contributed by atoms with van der Waals surface area (Å²) in [7, 11) is -3.14. The van der Waals surface area contributed by atoms with E-state index in [-0.39, 0.29) is 5.75 Å². The molecule has 0 fully saturated rings. The van der Waals surface area contributed by atoms with Gasteiger partial charge < -0.3 is 14.8 Å². The molecule has 4 nitrogen and oxygen atoms in total. The first kappa shape index (κ1) is 14.1. The van der Waals surface area contributed by atoms with Crippen LogP contribution in [0.15, 0.2) is 11.6 Å². The molecule has 6 heteroatoms. The molecular weight excluding hydrogens is 246 g/mol. The monoisotopic (exact) mass is 264 g/mol. The summed E-state index contributed by atoms with van der Waals surface area (Å²) in [5, 5.41) is 13.0. The summed E-state index contributed by atoms with van der Waals surface area (Å²) in [5.41, 5.74) is -0.292. The van der Waals surface area contributed by atoms with E-state index in [2.05, 4.69) is 11.2 Å². The van der Waals surface area contributed by atoms with Crippen molar-refractivity contribution < 1.29 is 8.76 Å². The largest absolute Gasteiger partial charge is 0.784 e. The van der Waals surface area contributed by atoms with Crippen LogP contribution in [0.2, 0.25) is 0 Å². The van der Waals surface area contributed by atoms with Crippen LogP contribution in [-0.4, -0.2) is 30.7 Å². The van der Waals surface area contributed by atoms with Gasteiger partial charge in [-0.05, 0) is 34.1 Å². The first-order chi connectivity index (χ1) is 6.97. The predicted octanol–water partition coefficient (Wildman–Crippen LogP) is 1.89. The molecule has 0 aromatic rings. The minimum Gasteiger partial charge on any atom is -0.784 e. The lowest BCUT2D eigenvalue weighted by Gasteiger charge is -2.47. The number of nitrogens with zero attached hydrogens (tertiary/aromatic N) is 1. The van der Waals surface area contributed by atoms with Gasteiger partial charge in [0.1, 0.15) is 8.77 Å². The van der Waals surface area contributed by atoms with E-state index in [0.29, 0.717) is 6.42 Å². The fourth-order valence-corrected chi connectivity index (χ4v) is 2.86. The number of hydroxylamine groups is 2. The average Bonchev–Trinajstić information content (AvgIpc) is 2.22. The van der Waals surface area contributed by atoms with Crippen molar-refractivity contribution in [1.82, 2.24) is 5.06 Å². The molecule has 1 unspecified atom stereocenters. The van der Waals surface area contributed by atoms with Crippen molar-refractivity contribution in [2.75, 3.05) is 5.75 Å². The van der Waals surface area contributed by atoms with Gasteiger partial charge in [0.15, 0.2) is 0 Å². The third kappa shape index (κ3) is 2.81. The molecule has 0 bridgehead atoms. The van der Waals surface area contributed by atoms with Crippen molar-refractivity contribution in [3.63, 3.8) is 0 Å². The molecule has 1 atom stereocenters. The van der Waals surface area contributed by atoms with Crippen molar-refractivity contribution in [1.29, 1.82) is 0 Å². The molecule has 1 rings (SSSR count). The molecule has 0 radical (unpaired) electrons. The van der Waals surface area contributed by atoms with E-state index in [1.165, 1.54) is 0 Å². The Bertz CT molecular complexity index is 410. The zero-order valence-corrected chi connectivity index (χ0v) is 11.7. The molecule has 94 valence electrons. The van der Waals surface area contributed by atoms with Crippen molar-refractivity contribution in [2.24, 2.45) is 0 Å². The molecule has 0 aromatic heterocycles. The molecule has 1 N–H and O–H groups in total. The standard InChI is InChI=1S/C10H18NO3S2/c1-9(2)7-8(5-6-16(13,14)15)10(3,4)11(9)12/h7H,5-6H2,1-4H3,(H,13,14,15)/q-1. The van der Waals surface area contributed by atoms with Crippen molar-refractivity contribution >= 4 is 20.0 Å². The van der Waals surface area contributed by atoms with Crippen LogP contribution in [0.25, 0.3) is 0 Å². The van der Waals surface area contributed by atoms with Gasteiger partial charge in [-0.15, -0.1) is 0 Å². The third-order valence-electron chi connectivity index (χ3n) is 2.97. The zero-order valence-electron chi connectivity index (χ0n) is 10.0. The zero-order chi connectivity index (χ0) is 12.8. The van der Waals surface area contributed by atoms with Gasteiger partial charge in [-0.2, -0.15) is 0 Å². The lowest BCUT2D eigenvalue weighted by molar-refractivity contribution is 0.157. The molecule has 1 aliphatic heterocycles. The summed E-state index contributed by atoms with van der Waals surface area (Å²) in [5.74, 6) is 0.0293. The highest BCUT2D eigenvalue weighted by molar-refractivity contribution is 8.29. The molecule has 1 heterocycles. The summed E-state index contributed by atoms with van der Waals surface area (Å²) in [6.45, 7) is 7.31. The van der Waals surface area contributed by atoms with Crippen LogP contribution < -0.4 is 0 Å². The summed E-state index contributed by atoms with van der Waals surface area (Å²) < 4.78 is 20.1. The van der Waals surface area contributed by atoms with Gasteiger partial charge in [0.2, 0.25) is 0 Å². The van der Waals surface area contributed by atoms with E-state index in [0.717, 1.165) is 10.6 Å². The fraction of sp³-hybridized carbons (Fsp3) is 0.800. The second kappa shape index (κ2) is 4.03. The summed E-state index contributed by atoms with van der Waals surface area (Å²) in [6.07, 6.45) is 2.27. The van der Waals surface area contributed by atoms with Crippen LogP contribution in [-0.2, 0) is 20.0 Å². The van der Waals surface area contributed by atoms with Gasteiger partial charge in [-0.3, -0.25) is 0 Å². The van der Waals surface area contributed by atoms with Crippen molar-refractivity contribution in [2.45, 2.75) is 45.2 Å². The molecule has 1 aliphatic rings. The van der Waals surface area contributed by atoms with Gasteiger partial charge in [-0.25, -0.2) is 4.21 Å². The first-order valence-corrected chi connectivity index (χ1v) is 7.72. The lowest BCUT2D eigenvalue weighted by atomic mass is 9.94. The van der Waals surface area contributed by atoms with Crippen LogP contribution >= 0.6 is 0 Å². The Labute approximate surface area is 102 Å². The van der Waals surface area contributed by atoms with Crippen LogP contribution in [0, 0.1) is 5.21 Å². The molecule has 0 saturated heterocycles.